The minimum atomic E-state index is -0.528. The van der Waals surface area contributed by atoms with Crippen molar-refractivity contribution >= 4 is 27.7 Å². The van der Waals surface area contributed by atoms with Crippen LogP contribution in [0, 0.1) is 6.92 Å². The third-order valence-electron chi connectivity index (χ3n) is 5.99. The summed E-state index contributed by atoms with van der Waals surface area (Å²) in [6.07, 6.45) is 6.11. The number of aryl methyl sites for hydroxylation is 1. The molecule has 1 unspecified atom stereocenters. The Labute approximate surface area is 199 Å². The number of hydrogen-bond donors (Lipinski definition) is 1. The van der Waals surface area contributed by atoms with Crippen molar-refractivity contribution in [2.75, 3.05) is 6.61 Å². The van der Waals surface area contributed by atoms with Gasteiger partial charge in [0.05, 0.1) is 0 Å². The van der Waals surface area contributed by atoms with E-state index in [-0.39, 0.29) is 24.5 Å². The molecule has 3 rings (SSSR count). The van der Waals surface area contributed by atoms with Crippen LogP contribution in [-0.2, 0) is 16.1 Å². The Bertz CT molecular complexity index is 877. The summed E-state index contributed by atoms with van der Waals surface area (Å²) in [4.78, 5) is 28.1. The molecule has 6 heteroatoms. The summed E-state index contributed by atoms with van der Waals surface area (Å²) in [5, 5.41) is 3.20. The van der Waals surface area contributed by atoms with Gasteiger partial charge < -0.3 is 15.0 Å². The van der Waals surface area contributed by atoms with Crippen molar-refractivity contribution < 1.29 is 14.3 Å². The van der Waals surface area contributed by atoms with Gasteiger partial charge in [-0.15, -0.1) is 0 Å². The van der Waals surface area contributed by atoms with Crippen molar-refractivity contribution in [2.24, 2.45) is 0 Å². The molecule has 172 valence electrons. The molecule has 2 aromatic rings. The van der Waals surface area contributed by atoms with Gasteiger partial charge in [0.1, 0.15) is 11.8 Å². The van der Waals surface area contributed by atoms with Gasteiger partial charge in [-0.25, -0.2) is 0 Å². The van der Waals surface area contributed by atoms with Gasteiger partial charge >= 0.3 is 0 Å². The Morgan fingerprint density at radius 2 is 1.72 bits per heavy atom. The zero-order chi connectivity index (χ0) is 22.9. The van der Waals surface area contributed by atoms with Gasteiger partial charge in [-0.2, -0.15) is 0 Å². The van der Waals surface area contributed by atoms with Crippen LogP contribution in [0.4, 0.5) is 0 Å². The van der Waals surface area contributed by atoms with E-state index in [4.69, 9.17) is 4.74 Å². The van der Waals surface area contributed by atoms with Crippen LogP contribution in [-0.4, -0.2) is 35.4 Å². The second-order valence-corrected chi connectivity index (χ2v) is 9.43. The van der Waals surface area contributed by atoms with Crippen molar-refractivity contribution in [3.8, 4) is 5.75 Å². The van der Waals surface area contributed by atoms with Gasteiger partial charge in [0, 0.05) is 17.1 Å². The van der Waals surface area contributed by atoms with Crippen LogP contribution in [0.25, 0.3) is 0 Å². The summed E-state index contributed by atoms with van der Waals surface area (Å²) in [5.74, 6) is 0.360. The molecule has 1 aliphatic rings. The number of nitrogens with zero attached hydrogens (tertiary/aromatic N) is 1. The van der Waals surface area contributed by atoms with Crippen molar-refractivity contribution in [3.63, 3.8) is 0 Å². The lowest BCUT2D eigenvalue weighted by Gasteiger charge is -2.32. The Balaban J connectivity index is 1.73. The van der Waals surface area contributed by atoms with Gasteiger partial charge in [-0.1, -0.05) is 71.9 Å². The highest BCUT2D eigenvalue weighted by Crippen LogP contribution is 2.20. The summed E-state index contributed by atoms with van der Waals surface area (Å²) < 4.78 is 6.69. The Morgan fingerprint density at radius 1 is 1.06 bits per heavy atom. The van der Waals surface area contributed by atoms with Crippen molar-refractivity contribution in [1.82, 2.24) is 10.2 Å². The van der Waals surface area contributed by atoms with Gasteiger partial charge in [-0.3, -0.25) is 9.59 Å². The first-order valence-corrected chi connectivity index (χ1v) is 12.3. The maximum atomic E-state index is 13.3. The van der Waals surface area contributed by atoms with Gasteiger partial charge in [0.25, 0.3) is 5.91 Å². The molecular formula is C26H33BrN2O3. The fraction of sp³-hybridized carbons (Fsp3) is 0.462. The van der Waals surface area contributed by atoms with Gasteiger partial charge in [0.15, 0.2) is 6.61 Å². The number of amides is 2. The van der Waals surface area contributed by atoms with Gasteiger partial charge in [-0.05, 0) is 56.0 Å². The first kappa shape index (κ1) is 24.3. The standard InChI is InChI=1S/C26H33BrN2O3/c1-3-24(26(31)28-22-7-5-4-6-8-22)29(17-20-11-9-19(2)10-12-20)25(30)18-32-23-15-13-21(27)14-16-23/h9-16,22,24H,3-8,17-18H2,1-2H3,(H,28,31). The van der Waals surface area contributed by atoms with E-state index in [1.54, 1.807) is 4.90 Å². The lowest BCUT2D eigenvalue weighted by molar-refractivity contribution is -0.143. The lowest BCUT2D eigenvalue weighted by Crippen LogP contribution is -2.52. The third kappa shape index (κ3) is 7.09. The van der Waals surface area contributed by atoms with Crippen molar-refractivity contribution in [1.29, 1.82) is 0 Å². The Kier molecular flexibility index (Phi) is 9.15. The molecule has 32 heavy (non-hydrogen) atoms. The van der Waals surface area contributed by atoms with E-state index in [0.29, 0.717) is 18.7 Å². The normalized spacial score (nSPS) is 15.1. The van der Waals surface area contributed by atoms with E-state index >= 15 is 0 Å². The molecule has 0 aliphatic heterocycles. The zero-order valence-electron chi connectivity index (χ0n) is 19.0. The molecule has 1 fully saturated rings. The summed E-state index contributed by atoms with van der Waals surface area (Å²) in [5.41, 5.74) is 2.16. The predicted molar refractivity (Wildman–Crippen MR) is 130 cm³/mol. The maximum Gasteiger partial charge on any atom is 0.261 e. The molecule has 0 bridgehead atoms. The number of ether oxygens (including phenoxy) is 1. The highest BCUT2D eigenvalue weighted by molar-refractivity contribution is 9.10. The highest BCUT2D eigenvalue weighted by Gasteiger charge is 2.30. The van der Waals surface area contributed by atoms with E-state index in [9.17, 15) is 9.59 Å². The van der Waals surface area contributed by atoms with Gasteiger partial charge in [0.2, 0.25) is 5.91 Å². The molecular weight excluding hydrogens is 468 g/mol. The molecule has 5 nitrogen and oxygen atoms in total. The molecule has 0 radical (unpaired) electrons. The van der Waals surface area contributed by atoms with E-state index in [1.807, 2.05) is 62.4 Å². The predicted octanol–water partition coefficient (Wildman–Crippen LogP) is 5.39. The zero-order valence-corrected chi connectivity index (χ0v) is 20.6. The lowest BCUT2D eigenvalue weighted by atomic mass is 9.95. The molecule has 1 aliphatic carbocycles. The number of nitrogens with one attached hydrogen (secondary N) is 1. The minimum absolute atomic E-state index is 0.0662. The third-order valence-corrected chi connectivity index (χ3v) is 6.52. The van der Waals surface area contributed by atoms with E-state index in [1.165, 1.54) is 6.42 Å². The van der Waals surface area contributed by atoms with Crippen LogP contribution in [0.3, 0.4) is 0 Å². The summed E-state index contributed by atoms with van der Waals surface area (Å²) in [6, 6.07) is 15.1. The van der Waals surface area contributed by atoms with E-state index in [0.717, 1.165) is 41.3 Å². The molecule has 0 aromatic heterocycles. The molecule has 0 saturated heterocycles. The average Bonchev–Trinajstić information content (AvgIpc) is 2.80. The minimum Gasteiger partial charge on any atom is -0.484 e. The summed E-state index contributed by atoms with van der Waals surface area (Å²) in [7, 11) is 0. The second-order valence-electron chi connectivity index (χ2n) is 8.52. The fourth-order valence-corrected chi connectivity index (χ4v) is 4.38. The van der Waals surface area contributed by atoms with Crippen LogP contribution >= 0.6 is 15.9 Å². The summed E-state index contributed by atoms with van der Waals surface area (Å²) in [6.45, 7) is 4.25. The average molecular weight is 501 g/mol. The smallest absolute Gasteiger partial charge is 0.261 e. The number of halogens is 1. The van der Waals surface area contributed by atoms with E-state index in [2.05, 4.69) is 21.2 Å². The fourth-order valence-electron chi connectivity index (χ4n) is 4.11. The van der Waals surface area contributed by atoms with Crippen LogP contribution in [0.5, 0.6) is 5.75 Å². The molecule has 0 spiro atoms. The molecule has 2 aromatic carbocycles. The first-order chi connectivity index (χ1) is 15.5. The van der Waals surface area contributed by atoms with E-state index < -0.39 is 6.04 Å². The summed E-state index contributed by atoms with van der Waals surface area (Å²) >= 11 is 3.40. The molecule has 1 atom stereocenters. The topological polar surface area (TPSA) is 58.6 Å². The number of carbonyl (C=O) groups is 2. The molecule has 1 saturated carbocycles. The molecule has 0 heterocycles. The Morgan fingerprint density at radius 3 is 2.34 bits per heavy atom. The van der Waals surface area contributed by atoms with Crippen LogP contribution in [0.1, 0.15) is 56.6 Å². The number of hydrogen-bond acceptors (Lipinski definition) is 3. The monoisotopic (exact) mass is 500 g/mol. The van der Waals surface area contributed by atoms with Crippen LogP contribution in [0.15, 0.2) is 53.0 Å². The first-order valence-electron chi connectivity index (χ1n) is 11.5. The molecule has 1 N–H and O–H groups in total. The number of carbonyl (C=O) groups excluding carboxylic acids is 2. The largest absolute Gasteiger partial charge is 0.484 e. The van der Waals surface area contributed by atoms with Crippen molar-refractivity contribution in [2.45, 2.75) is 71.0 Å². The van der Waals surface area contributed by atoms with Crippen molar-refractivity contribution in [3.05, 3.63) is 64.1 Å². The van der Waals surface area contributed by atoms with Crippen LogP contribution in [0.2, 0.25) is 0 Å². The number of rotatable bonds is 9. The second kappa shape index (κ2) is 12.0. The SMILES string of the molecule is CCC(C(=O)NC1CCCCC1)N(Cc1ccc(C)cc1)C(=O)COc1ccc(Br)cc1. The highest BCUT2D eigenvalue weighted by atomic mass is 79.9. The maximum absolute atomic E-state index is 13.3. The quantitative estimate of drug-likeness (QED) is 0.501. The Hall–Kier alpha value is -2.34. The molecule has 2 amide bonds. The van der Waals surface area contributed by atoms with Crippen LogP contribution < -0.4 is 10.1 Å². The number of benzene rings is 2.